The van der Waals surface area contributed by atoms with Crippen molar-refractivity contribution >= 4 is 29.9 Å². The van der Waals surface area contributed by atoms with Crippen LogP contribution < -0.4 is 10.6 Å². The number of halogens is 1. The Balaban J connectivity index is 0.00000261. The molecule has 1 aromatic rings. The van der Waals surface area contributed by atoms with Gasteiger partial charge >= 0.3 is 0 Å². The van der Waals surface area contributed by atoms with E-state index >= 15 is 0 Å². The van der Waals surface area contributed by atoms with E-state index in [2.05, 4.69) is 42.2 Å². The van der Waals surface area contributed by atoms with Crippen LogP contribution in [0.5, 0.6) is 0 Å². The molecule has 0 aliphatic carbocycles. The lowest BCUT2D eigenvalue weighted by molar-refractivity contribution is 0.191. The van der Waals surface area contributed by atoms with Crippen LogP contribution in [0.4, 0.5) is 0 Å². The van der Waals surface area contributed by atoms with Gasteiger partial charge in [0.1, 0.15) is 5.82 Å². The Morgan fingerprint density at radius 3 is 2.70 bits per heavy atom. The number of aromatic nitrogens is 3. The van der Waals surface area contributed by atoms with Crippen molar-refractivity contribution in [3.05, 3.63) is 11.6 Å². The topological polar surface area (TPSA) is 70.4 Å². The maximum atomic E-state index is 4.37. The van der Waals surface area contributed by atoms with Crippen molar-refractivity contribution < 1.29 is 0 Å². The van der Waals surface area contributed by atoms with Crippen LogP contribution in [0.1, 0.15) is 57.1 Å². The van der Waals surface area contributed by atoms with Crippen LogP contribution in [-0.2, 0) is 19.5 Å². The molecular weight excluding hydrogens is 453 g/mol. The van der Waals surface area contributed by atoms with E-state index in [1.807, 2.05) is 7.05 Å². The fourth-order valence-corrected chi connectivity index (χ4v) is 3.85. The van der Waals surface area contributed by atoms with Crippen LogP contribution in [-0.4, -0.2) is 58.9 Å². The number of aliphatic imine (C=N–C) groups is 1. The average Bonchev–Trinajstić information content (AvgIpc) is 2.89. The molecule has 2 aliphatic heterocycles. The van der Waals surface area contributed by atoms with Crippen molar-refractivity contribution in [3.8, 4) is 0 Å². The van der Waals surface area contributed by atoms with Gasteiger partial charge in [-0.25, -0.2) is 0 Å². The van der Waals surface area contributed by atoms with E-state index in [0.29, 0.717) is 6.54 Å². The maximum absolute atomic E-state index is 4.37. The van der Waals surface area contributed by atoms with Crippen molar-refractivity contribution in [1.29, 1.82) is 0 Å². The lowest BCUT2D eigenvalue weighted by Gasteiger charge is -2.30. The molecule has 2 aliphatic rings. The summed E-state index contributed by atoms with van der Waals surface area (Å²) in [6, 6.07) is 0. The van der Waals surface area contributed by atoms with Crippen LogP contribution in [0.2, 0.25) is 0 Å². The molecule has 1 aromatic heterocycles. The second-order valence-corrected chi connectivity index (χ2v) is 7.73. The first kappa shape index (κ1) is 22.4. The Hall–Kier alpha value is -0.900. The van der Waals surface area contributed by atoms with Gasteiger partial charge in [0.05, 0.1) is 6.54 Å². The number of rotatable bonds is 6. The van der Waals surface area contributed by atoms with E-state index in [1.54, 1.807) is 0 Å². The fraction of sp³-hybridized carbons (Fsp3) is 0.842. The van der Waals surface area contributed by atoms with Crippen LogP contribution in [0.25, 0.3) is 0 Å². The van der Waals surface area contributed by atoms with Gasteiger partial charge in [-0.1, -0.05) is 13.3 Å². The standard InChI is InChI=1S/C19H35N7.HI/c1-16-8-13-25(14-9-16)11-6-10-21-19(20-2)22-15-18-24-23-17-7-4-3-5-12-26(17)18;/h16H,3-15H2,1-2H3,(H2,20,21,22);1H. The number of guanidine groups is 1. The summed E-state index contributed by atoms with van der Waals surface area (Å²) in [4.78, 5) is 6.92. The number of hydrogen-bond acceptors (Lipinski definition) is 4. The van der Waals surface area contributed by atoms with Crippen molar-refractivity contribution in [2.45, 2.75) is 65.0 Å². The smallest absolute Gasteiger partial charge is 0.191 e. The first-order chi connectivity index (χ1) is 12.8. The zero-order valence-electron chi connectivity index (χ0n) is 16.9. The molecule has 2 N–H and O–H groups in total. The third kappa shape index (κ3) is 6.89. The van der Waals surface area contributed by atoms with Gasteiger partial charge < -0.3 is 20.1 Å². The third-order valence-corrected chi connectivity index (χ3v) is 5.64. The van der Waals surface area contributed by atoms with E-state index in [9.17, 15) is 0 Å². The summed E-state index contributed by atoms with van der Waals surface area (Å²) in [7, 11) is 1.83. The second kappa shape index (κ2) is 11.8. The van der Waals surface area contributed by atoms with Gasteiger partial charge in [0.25, 0.3) is 0 Å². The number of likely N-dealkylation sites (tertiary alicyclic amines) is 1. The Morgan fingerprint density at radius 1 is 1.11 bits per heavy atom. The summed E-state index contributed by atoms with van der Waals surface area (Å²) in [5.41, 5.74) is 0. The molecule has 1 fully saturated rings. The minimum Gasteiger partial charge on any atom is -0.356 e. The average molecular weight is 489 g/mol. The number of nitrogens with zero attached hydrogens (tertiary/aromatic N) is 5. The molecule has 0 unspecified atom stereocenters. The van der Waals surface area contributed by atoms with Gasteiger partial charge in [-0.05, 0) is 57.7 Å². The first-order valence-corrected chi connectivity index (χ1v) is 10.3. The minimum atomic E-state index is 0. The fourth-order valence-electron chi connectivity index (χ4n) is 3.85. The van der Waals surface area contributed by atoms with Gasteiger partial charge in [-0.3, -0.25) is 4.99 Å². The highest BCUT2D eigenvalue weighted by Crippen LogP contribution is 2.16. The second-order valence-electron chi connectivity index (χ2n) is 7.73. The molecule has 0 saturated carbocycles. The molecule has 3 heterocycles. The zero-order valence-corrected chi connectivity index (χ0v) is 19.2. The van der Waals surface area contributed by atoms with E-state index in [-0.39, 0.29) is 24.0 Å². The lowest BCUT2D eigenvalue weighted by Crippen LogP contribution is -2.39. The molecule has 0 bridgehead atoms. The minimum absolute atomic E-state index is 0. The molecule has 8 heteroatoms. The SMILES string of the molecule is CN=C(NCCCN1CCC(C)CC1)NCc1nnc2n1CCCCC2.I. The van der Waals surface area contributed by atoms with Gasteiger partial charge in [0, 0.05) is 26.6 Å². The van der Waals surface area contributed by atoms with Gasteiger partial charge in [-0.2, -0.15) is 0 Å². The summed E-state index contributed by atoms with van der Waals surface area (Å²) in [6.45, 7) is 8.72. The quantitative estimate of drug-likeness (QED) is 0.278. The van der Waals surface area contributed by atoms with Crippen LogP contribution in [0.15, 0.2) is 4.99 Å². The van der Waals surface area contributed by atoms with Crippen LogP contribution in [0.3, 0.4) is 0 Å². The number of aryl methyl sites for hydroxylation is 1. The van der Waals surface area contributed by atoms with Crippen LogP contribution in [0, 0.1) is 5.92 Å². The van der Waals surface area contributed by atoms with E-state index < -0.39 is 0 Å². The van der Waals surface area contributed by atoms with Gasteiger partial charge in [0.2, 0.25) is 0 Å². The predicted molar refractivity (Wildman–Crippen MR) is 121 cm³/mol. The Bertz CT molecular complexity index is 579. The third-order valence-electron chi connectivity index (χ3n) is 5.64. The molecule has 0 amide bonds. The van der Waals surface area contributed by atoms with E-state index in [1.165, 1.54) is 51.7 Å². The molecule has 3 rings (SSSR count). The number of nitrogens with one attached hydrogen (secondary N) is 2. The van der Waals surface area contributed by atoms with E-state index in [4.69, 9.17) is 0 Å². The van der Waals surface area contributed by atoms with E-state index in [0.717, 1.165) is 49.5 Å². The summed E-state index contributed by atoms with van der Waals surface area (Å²) in [5.74, 6) is 3.91. The highest BCUT2D eigenvalue weighted by Gasteiger charge is 2.16. The van der Waals surface area contributed by atoms with Crippen molar-refractivity contribution in [2.24, 2.45) is 10.9 Å². The van der Waals surface area contributed by atoms with Crippen LogP contribution >= 0.6 is 24.0 Å². The highest BCUT2D eigenvalue weighted by molar-refractivity contribution is 14.0. The van der Waals surface area contributed by atoms with Crippen molar-refractivity contribution in [1.82, 2.24) is 30.3 Å². The molecule has 7 nitrogen and oxygen atoms in total. The molecule has 0 aromatic carbocycles. The van der Waals surface area contributed by atoms with Gasteiger partial charge in [-0.15, -0.1) is 34.2 Å². The highest BCUT2D eigenvalue weighted by atomic mass is 127. The Labute approximate surface area is 180 Å². The Morgan fingerprint density at radius 2 is 1.93 bits per heavy atom. The maximum Gasteiger partial charge on any atom is 0.191 e. The normalized spacial score (nSPS) is 19.1. The molecule has 0 spiro atoms. The summed E-state index contributed by atoms with van der Waals surface area (Å²) in [6.07, 6.45) is 8.63. The molecule has 27 heavy (non-hydrogen) atoms. The molecular formula is C19H36IN7. The number of fused-ring (bicyclic) bond motifs is 1. The zero-order chi connectivity index (χ0) is 18.2. The molecule has 1 saturated heterocycles. The molecule has 0 atom stereocenters. The van der Waals surface area contributed by atoms with Gasteiger partial charge in [0.15, 0.2) is 11.8 Å². The first-order valence-electron chi connectivity index (χ1n) is 10.3. The van der Waals surface area contributed by atoms with Crippen molar-refractivity contribution in [2.75, 3.05) is 33.2 Å². The summed E-state index contributed by atoms with van der Waals surface area (Å²) < 4.78 is 2.28. The predicted octanol–water partition coefficient (Wildman–Crippen LogP) is 2.41. The number of hydrogen-bond donors (Lipinski definition) is 2. The molecule has 0 radical (unpaired) electrons. The van der Waals surface area contributed by atoms with Crippen molar-refractivity contribution in [3.63, 3.8) is 0 Å². The largest absolute Gasteiger partial charge is 0.356 e. The Kier molecular flexibility index (Phi) is 9.81. The monoisotopic (exact) mass is 489 g/mol. The summed E-state index contributed by atoms with van der Waals surface area (Å²) in [5, 5.41) is 15.5. The lowest BCUT2D eigenvalue weighted by atomic mass is 9.99. The molecule has 154 valence electrons. The number of piperidine rings is 1. The summed E-state index contributed by atoms with van der Waals surface area (Å²) >= 11 is 0.